The van der Waals surface area contributed by atoms with Gasteiger partial charge in [-0.05, 0) is 13.3 Å². The quantitative estimate of drug-likeness (QED) is 0.392. The van der Waals surface area contributed by atoms with Gasteiger partial charge in [-0.1, -0.05) is 0 Å². The molecule has 0 aromatic heterocycles. The lowest BCUT2D eigenvalue weighted by Crippen LogP contribution is -2.43. The van der Waals surface area contributed by atoms with Crippen molar-refractivity contribution in [3.05, 3.63) is 0 Å². The van der Waals surface area contributed by atoms with Crippen LogP contribution in [0.5, 0.6) is 0 Å². The van der Waals surface area contributed by atoms with Gasteiger partial charge in [0.25, 0.3) is 0 Å². The molecule has 6 atom stereocenters. The molecule has 14 heavy (non-hydrogen) atoms. The van der Waals surface area contributed by atoms with Gasteiger partial charge in [0.1, 0.15) is 0 Å². The molecule has 0 radical (unpaired) electrons. The zero-order chi connectivity index (χ0) is 10.5. The number of hydrogen-bond acceptors (Lipinski definition) is 5. The summed E-state index contributed by atoms with van der Waals surface area (Å²) in [6.07, 6.45) is -1.92. The summed E-state index contributed by atoms with van der Waals surface area (Å²) in [6, 6.07) is -0.766. The van der Waals surface area contributed by atoms with Gasteiger partial charge in [0.05, 0.1) is 37.0 Å². The lowest BCUT2D eigenvalue weighted by atomic mass is 10.0. The van der Waals surface area contributed by atoms with E-state index in [-0.39, 0.29) is 12.6 Å². The van der Waals surface area contributed by atoms with Crippen molar-refractivity contribution in [2.24, 2.45) is 0 Å². The van der Waals surface area contributed by atoms with Gasteiger partial charge in [0.2, 0.25) is 0 Å². The first-order chi connectivity index (χ1) is 6.57. The Hall–Kier alpha value is -0.200. The van der Waals surface area contributed by atoms with Gasteiger partial charge in [-0.2, -0.15) is 0 Å². The number of aliphatic hydroxyl groups is 4. The summed E-state index contributed by atoms with van der Waals surface area (Å²) in [7, 11) is 0. The third-order valence-electron chi connectivity index (χ3n) is 3.49. The highest BCUT2D eigenvalue weighted by atomic mass is 16.3. The minimum absolute atomic E-state index is 0.0962. The van der Waals surface area contributed by atoms with Gasteiger partial charge in [0, 0.05) is 6.04 Å². The van der Waals surface area contributed by atoms with Crippen molar-refractivity contribution in [2.75, 3.05) is 6.61 Å². The van der Waals surface area contributed by atoms with E-state index in [9.17, 15) is 15.3 Å². The third kappa shape index (κ3) is 1.20. The van der Waals surface area contributed by atoms with E-state index in [1.807, 2.05) is 11.8 Å². The van der Waals surface area contributed by atoms with Crippen LogP contribution in [-0.2, 0) is 0 Å². The van der Waals surface area contributed by atoms with E-state index in [0.29, 0.717) is 6.42 Å². The SMILES string of the molecule is C[C@@H]1C[C@H](O)[C@@H]2[C@H](O)[C@H](O)[C@@H](CO)N21. The third-order valence-corrected chi connectivity index (χ3v) is 3.49. The number of fused-ring (bicyclic) bond motifs is 1. The van der Waals surface area contributed by atoms with Crippen molar-refractivity contribution >= 4 is 0 Å². The van der Waals surface area contributed by atoms with Crippen LogP contribution in [0, 0.1) is 0 Å². The Morgan fingerprint density at radius 2 is 1.86 bits per heavy atom. The Balaban J connectivity index is 2.25. The number of nitrogens with zero attached hydrogens (tertiary/aromatic N) is 1. The molecule has 2 saturated heterocycles. The van der Waals surface area contributed by atoms with Gasteiger partial charge in [0.15, 0.2) is 0 Å². The van der Waals surface area contributed by atoms with E-state index in [0.717, 1.165) is 0 Å². The Morgan fingerprint density at radius 3 is 2.43 bits per heavy atom. The van der Waals surface area contributed by atoms with E-state index in [2.05, 4.69) is 0 Å². The molecular formula is C9H17NO4. The second kappa shape index (κ2) is 3.43. The predicted octanol–water partition coefficient (Wildman–Crippen LogP) is -2.09. The van der Waals surface area contributed by atoms with Crippen LogP contribution in [0.3, 0.4) is 0 Å². The molecule has 0 aromatic carbocycles. The monoisotopic (exact) mass is 203 g/mol. The molecule has 0 aliphatic carbocycles. The number of rotatable bonds is 1. The Labute approximate surface area is 82.6 Å². The van der Waals surface area contributed by atoms with Crippen LogP contribution >= 0.6 is 0 Å². The fourth-order valence-corrected chi connectivity index (χ4v) is 2.86. The van der Waals surface area contributed by atoms with Crippen molar-refractivity contribution < 1.29 is 20.4 Å². The lowest BCUT2D eigenvalue weighted by Gasteiger charge is -2.27. The second-order valence-electron chi connectivity index (χ2n) is 4.32. The van der Waals surface area contributed by atoms with Gasteiger partial charge in [-0.25, -0.2) is 0 Å². The summed E-state index contributed by atoms with van der Waals surface area (Å²) in [4.78, 5) is 1.83. The first-order valence-electron chi connectivity index (χ1n) is 5.00. The lowest BCUT2D eigenvalue weighted by molar-refractivity contribution is -0.00155. The van der Waals surface area contributed by atoms with Crippen molar-refractivity contribution in [3.63, 3.8) is 0 Å². The molecule has 0 unspecified atom stereocenters. The molecule has 2 heterocycles. The molecule has 0 bridgehead atoms. The Morgan fingerprint density at radius 1 is 1.21 bits per heavy atom. The van der Waals surface area contributed by atoms with E-state index >= 15 is 0 Å². The maximum Gasteiger partial charge on any atom is 0.0995 e. The zero-order valence-corrected chi connectivity index (χ0v) is 8.11. The molecule has 0 amide bonds. The fourth-order valence-electron chi connectivity index (χ4n) is 2.86. The smallest absolute Gasteiger partial charge is 0.0995 e. The molecule has 2 fully saturated rings. The Bertz CT molecular complexity index is 225. The van der Waals surface area contributed by atoms with E-state index < -0.39 is 30.4 Å². The van der Waals surface area contributed by atoms with Crippen LogP contribution in [-0.4, -0.2) is 68.4 Å². The summed E-state index contributed by atoms with van der Waals surface area (Å²) in [6.45, 7) is 1.74. The summed E-state index contributed by atoms with van der Waals surface area (Å²) in [5.74, 6) is 0. The average molecular weight is 203 g/mol. The van der Waals surface area contributed by atoms with Crippen molar-refractivity contribution in [2.45, 2.75) is 49.8 Å². The molecule has 0 aromatic rings. The summed E-state index contributed by atoms with van der Waals surface area (Å²) in [5, 5.41) is 38.1. The summed E-state index contributed by atoms with van der Waals surface area (Å²) in [5.41, 5.74) is 0. The molecule has 82 valence electrons. The molecular weight excluding hydrogens is 186 g/mol. The summed E-state index contributed by atoms with van der Waals surface area (Å²) >= 11 is 0. The van der Waals surface area contributed by atoms with Crippen molar-refractivity contribution in [1.29, 1.82) is 0 Å². The average Bonchev–Trinajstić information content (AvgIpc) is 2.55. The highest BCUT2D eigenvalue weighted by Gasteiger charge is 2.55. The Kier molecular flexibility index (Phi) is 2.53. The first-order valence-corrected chi connectivity index (χ1v) is 5.00. The second-order valence-corrected chi connectivity index (χ2v) is 4.32. The van der Waals surface area contributed by atoms with Crippen LogP contribution in [0.2, 0.25) is 0 Å². The molecule has 0 spiro atoms. The largest absolute Gasteiger partial charge is 0.395 e. The van der Waals surface area contributed by atoms with Crippen molar-refractivity contribution in [1.82, 2.24) is 4.90 Å². The molecule has 2 aliphatic heterocycles. The highest BCUT2D eigenvalue weighted by Crippen LogP contribution is 2.37. The standard InChI is InChI=1S/C9H17NO4/c1-4-2-6(12)7-9(14)8(13)5(3-11)10(4)7/h4-9,11-14H,2-3H2,1H3/t4-,5-,6+,7-,8-,9+/m1/s1. The molecule has 2 aliphatic rings. The zero-order valence-electron chi connectivity index (χ0n) is 8.11. The molecule has 4 N–H and O–H groups in total. The summed E-state index contributed by atoms with van der Waals surface area (Å²) < 4.78 is 0. The number of aliphatic hydroxyl groups excluding tert-OH is 4. The van der Waals surface area contributed by atoms with Crippen LogP contribution in [0.15, 0.2) is 0 Å². The number of hydrogen-bond donors (Lipinski definition) is 4. The van der Waals surface area contributed by atoms with Crippen LogP contribution in [0.25, 0.3) is 0 Å². The topological polar surface area (TPSA) is 84.2 Å². The van der Waals surface area contributed by atoms with Gasteiger partial charge in [-0.3, -0.25) is 4.90 Å². The van der Waals surface area contributed by atoms with Crippen LogP contribution in [0.4, 0.5) is 0 Å². The van der Waals surface area contributed by atoms with Crippen LogP contribution < -0.4 is 0 Å². The van der Waals surface area contributed by atoms with E-state index in [1.54, 1.807) is 0 Å². The van der Waals surface area contributed by atoms with Gasteiger partial charge >= 0.3 is 0 Å². The maximum absolute atomic E-state index is 9.69. The molecule has 2 rings (SSSR count). The molecule has 5 heteroatoms. The van der Waals surface area contributed by atoms with Gasteiger partial charge in [-0.15, -0.1) is 0 Å². The molecule has 5 nitrogen and oxygen atoms in total. The maximum atomic E-state index is 9.69. The van der Waals surface area contributed by atoms with Gasteiger partial charge < -0.3 is 20.4 Å². The van der Waals surface area contributed by atoms with E-state index in [4.69, 9.17) is 5.11 Å². The van der Waals surface area contributed by atoms with Crippen molar-refractivity contribution in [3.8, 4) is 0 Å². The first kappa shape index (κ1) is 10.3. The van der Waals surface area contributed by atoms with E-state index in [1.165, 1.54) is 0 Å². The fraction of sp³-hybridized carbons (Fsp3) is 1.00. The minimum atomic E-state index is -0.956. The predicted molar refractivity (Wildman–Crippen MR) is 48.6 cm³/mol. The molecule has 0 saturated carbocycles. The van der Waals surface area contributed by atoms with Crippen LogP contribution in [0.1, 0.15) is 13.3 Å². The highest BCUT2D eigenvalue weighted by molar-refractivity contribution is 5.09. The minimum Gasteiger partial charge on any atom is -0.395 e. The normalized spacial score (nSPS) is 53.8.